The van der Waals surface area contributed by atoms with Crippen molar-refractivity contribution in [2.75, 3.05) is 24.2 Å². The Kier molecular flexibility index (Phi) is 10.7. The molecule has 3 aromatic carbocycles. The average molecular weight is 566 g/mol. The maximum atomic E-state index is 14.1. The summed E-state index contributed by atoms with van der Waals surface area (Å²) in [7, 11) is -2.25. The van der Waals surface area contributed by atoms with Crippen LogP contribution < -0.4 is 14.4 Å². The van der Waals surface area contributed by atoms with Gasteiger partial charge in [-0.25, -0.2) is 8.42 Å². The van der Waals surface area contributed by atoms with E-state index in [9.17, 15) is 18.0 Å². The number of sulfonamides is 1. The molecule has 40 heavy (non-hydrogen) atoms. The summed E-state index contributed by atoms with van der Waals surface area (Å²) in [5.74, 6) is -0.167. The summed E-state index contributed by atoms with van der Waals surface area (Å²) in [6.45, 7) is 5.32. The first kappa shape index (κ1) is 30.7. The van der Waals surface area contributed by atoms with Crippen LogP contribution in [0.1, 0.15) is 37.0 Å². The van der Waals surface area contributed by atoms with Crippen molar-refractivity contribution in [1.82, 2.24) is 10.2 Å². The fraction of sp³-hybridized carbons (Fsp3) is 0.355. The fourth-order valence-electron chi connectivity index (χ4n) is 4.40. The number of hydrogen-bond acceptors (Lipinski definition) is 5. The molecule has 0 fully saturated rings. The van der Waals surface area contributed by atoms with Gasteiger partial charge >= 0.3 is 0 Å². The number of carbonyl (C=O) groups excluding carboxylic acids is 2. The molecule has 0 spiro atoms. The van der Waals surface area contributed by atoms with Crippen LogP contribution in [0.5, 0.6) is 5.75 Å². The summed E-state index contributed by atoms with van der Waals surface area (Å²) in [6, 6.07) is 22.8. The van der Waals surface area contributed by atoms with Gasteiger partial charge in [-0.15, -0.1) is 0 Å². The molecular formula is C31H39N3O5S. The smallest absolute Gasteiger partial charge is 0.244 e. The third kappa shape index (κ3) is 8.32. The highest BCUT2D eigenvalue weighted by atomic mass is 32.2. The van der Waals surface area contributed by atoms with Crippen molar-refractivity contribution in [3.63, 3.8) is 0 Å². The molecule has 1 N–H and O–H groups in total. The number of aryl methyl sites for hydroxylation is 1. The summed E-state index contributed by atoms with van der Waals surface area (Å²) in [5, 5.41) is 3.03. The Bertz CT molecular complexity index is 1390. The zero-order chi connectivity index (χ0) is 29.3. The first-order valence-electron chi connectivity index (χ1n) is 13.3. The molecule has 9 heteroatoms. The molecule has 2 amide bonds. The van der Waals surface area contributed by atoms with Crippen molar-refractivity contribution in [1.29, 1.82) is 0 Å². The van der Waals surface area contributed by atoms with E-state index >= 15 is 0 Å². The number of nitrogens with zero attached hydrogens (tertiary/aromatic N) is 2. The Morgan fingerprint density at radius 2 is 1.60 bits per heavy atom. The molecule has 0 heterocycles. The van der Waals surface area contributed by atoms with Crippen molar-refractivity contribution in [2.24, 2.45) is 0 Å². The van der Waals surface area contributed by atoms with E-state index in [1.54, 1.807) is 38.3 Å². The summed E-state index contributed by atoms with van der Waals surface area (Å²) in [6.07, 6.45) is 2.07. The summed E-state index contributed by atoms with van der Waals surface area (Å²) >= 11 is 0. The normalized spacial score (nSPS) is 12.7. The molecule has 214 valence electrons. The third-order valence-electron chi connectivity index (χ3n) is 6.82. The van der Waals surface area contributed by atoms with Crippen LogP contribution in [0, 0.1) is 6.92 Å². The van der Waals surface area contributed by atoms with Crippen LogP contribution in [0.2, 0.25) is 0 Å². The highest BCUT2D eigenvalue weighted by molar-refractivity contribution is 7.92. The van der Waals surface area contributed by atoms with Crippen molar-refractivity contribution < 1.29 is 22.7 Å². The van der Waals surface area contributed by atoms with Gasteiger partial charge < -0.3 is 15.0 Å². The predicted molar refractivity (Wildman–Crippen MR) is 159 cm³/mol. The van der Waals surface area contributed by atoms with Gasteiger partial charge in [-0.3, -0.25) is 13.9 Å². The lowest BCUT2D eigenvalue weighted by atomic mass is 10.0. The van der Waals surface area contributed by atoms with Gasteiger partial charge in [0.15, 0.2) is 0 Å². The Labute approximate surface area is 238 Å². The monoisotopic (exact) mass is 565 g/mol. The summed E-state index contributed by atoms with van der Waals surface area (Å²) in [5.41, 5.74) is 2.77. The minimum absolute atomic E-state index is 0.0901. The van der Waals surface area contributed by atoms with E-state index in [-0.39, 0.29) is 24.9 Å². The summed E-state index contributed by atoms with van der Waals surface area (Å²) < 4.78 is 32.3. The van der Waals surface area contributed by atoms with E-state index in [1.165, 1.54) is 4.90 Å². The van der Waals surface area contributed by atoms with Crippen molar-refractivity contribution in [2.45, 2.75) is 52.2 Å². The Morgan fingerprint density at radius 3 is 2.23 bits per heavy atom. The van der Waals surface area contributed by atoms with Gasteiger partial charge in [-0.05, 0) is 55.2 Å². The molecule has 0 radical (unpaired) electrons. The van der Waals surface area contributed by atoms with Crippen LogP contribution in [0.15, 0.2) is 78.9 Å². The molecule has 2 unspecified atom stereocenters. The first-order valence-corrected chi connectivity index (χ1v) is 15.2. The molecule has 0 aliphatic carbocycles. The minimum Gasteiger partial charge on any atom is -0.497 e. The van der Waals surface area contributed by atoms with Gasteiger partial charge in [-0.2, -0.15) is 0 Å². The maximum Gasteiger partial charge on any atom is 0.244 e. The summed E-state index contributed by atoms with van der Waals surface area (Å²) in [4.78, 5) is 29.3. The number of rotatable bonds is 13. The van der Waals surface area contributed by atoms with Gasteiger partial charge in [0.25, 0.3) is 0 Å². The van der Waals surface area contributed by atoms with Gasteiger partial charge in [-0.1, -0.05) is 67.6 Å². The molecule has 0 aromatic heterocycles. The number of para-hydroxylation sites is 1. The Hall–Kier alpha value is -3.85. The molecule has 0 saturated carbocycles. The van der Waals surface area contributed by atoms with Crippen molar-refractivity contribution in [3.05, 3.63) is 95.6 Å². The maximum absolute atomic E-state index is 14.1. The molecule has 8 nitrogen and oxygen atoms in total. The minimum atomic E-state index is -3.82. The highest BCUT2D eigenvalue weighted by Gasteiger charge is 2.33. The fourth-order valence-corrected chi connectivity index (χ4v) is 5.31. The van der Waals surface area contributed by atoms with Gasteiger partial charge in [0, 0.05) is 19.0 Å². The molecule has 2 atom stereocenters. The lowest BCUT2D eigenvalue weighted by Crippen LogP contribution is -2.54. The number of amides is 2. The SMILES string of the molecule is CCC(C)NC(=O)C(Cc1ccccc1)N(Cc1cccc(OC)c1)C(=O)CN(c1ccccc1C)S(C)(=O)=O. The van der Waals surface area contributed by atoms with E-state index < -0.39 is 28.5 Å². The van der Waals surface area contributed by atoms with Crippen molar-refractivity contribution >= 4 is 27.5 Å². The van der Waals surface area contributed by atoms with E-state index in [0.29, 0.717) is 11.4 Å². The van der Waals surface area contributed by atoms with E-state index in [1.807, 2.05) is 68.4 Å². The quantitative estimate of drug-likeness (QED) is 0.333. The third-order valence-corrected chi connectivity index (χ3v) is 7.95. The molecular weight excluding hydrogens is 526 g/mol. The zero-order valence-electron chi connectivity index (χ0n) is 23.8. The van der Waals surface area contributed by atoms with E-state index in [4.69, 9.17) is 4.74 Å². The van der Waals surface area contributed by atoms with Crippen LogP contribution >= 0.6 is 0 Å². The number of hydrogen-bond donors (Lipinski definition) is 1. The second kappa shape index (κ2) is 14.0. The van der Waals surface area contributed by atoms with Crippen LogP contribution in [0.25, 0.3) is 0 Å². The number of methoxy groups -OCH3 is 1. The second-order valence-electron chi connectivity index (χ2n) is 9.95. The second-order valence-corrected chi connectivity index (χ2v) is 11.9. The standard InChI is InChI=1S/C31H39N3O5S/c1-6-24(3)32-31(36)29(20-25-14-8-7-9-15-25)33(21-26-16-12-17-27(19-26)39-4)30(35)22-34(40(5,37)38)28-18-11-10-13-23(28)2/h7-19,24,29H,6,20-22H2,1-5H3,(H,32,36). The van der Waals surface area contributed by atoms with Gasteiger partial charge in [0.1, 0.15) is 18.3 Å². The van der Waals surface area contributed by atoms with E-state index in [0.717, 1.165) is 33.7 Å². The average Bonchev–Trinajstić information content (AvgIpc) is 2.93. The Morgan fingerprint density at radius 1 is 0.950 bits per heavy atom. The molecule has 3 rings (SSSR count). The highest BCUT2D eigenvalue weighted by Crippen LogP contribution is 2.24. The number of anilines is 1. The predicted octanol–water partition coefficient (Wildman–Crippen LogP) is 4.32. The molecule has 0 bridgehead atoms. The number of ether oxygens (including phenoxy) is 1. The van der Waals surface area contributed by atoms with Gasteiger partial charge in [0.05, 0.1) is 19.1 Å². The van der Waals surface area contributed by atoms with Crippen molar-refractivity contribution in [3.8, 4) is 5.75 Å². The van der Waals surface area contributed by atoms with Crippen LogP contribution in [-0.4, -0.2) is 57.1 Å². The number of nitrogens with one attached hydrogen (secondary N) is 1. The topological polar surface area (TPSA) is 96.0 Å². The Balaban J connectivity index is 2.08. The van der Waals surface area contributed by atoms with Crippen LogP contribution in [-0.2, 0) is 32.6 Å². The largest absolute Gasteiger partial charge is 0.497 e. The number of benzene rings is 3. The molecule has 3 aromatic rings. The first-order chi connectivity index (χ1) is 19.0. The molecule has 0 saturated heterocycles. The van der Waals surface area contributed by atoms with Gasteiger partial charge in [0.2, 0.25) is 21.8 Å². The molecule has 0 aliphatic heterocycles. The van der Waals surface area contributed by atoms with Crippen LogP contribution in [0.3, 0.4) is 0 Å². The number of carbonyl (C=O) groups is 2. The molecule has 0 aliphatic rings. The zero-order valence-corrected chi connectivity index (χ0v) is 24.6. The van der Waals surface area contributed by atoms with Crippen LogP contribution in [0.4, 0.5) is 5.69 Å². The lowest BCUT2D eigenvalue weighted by molar-refractivity contribution is -0.140. The van der Waals surface area contributed by atoms with E-state index in [2.05, 4.69) is 5.32 Å². The lowest BCUT2D eigenvalue weighted by Gasteiger charge is -2.34.